The number of carbonyl (C=O) groups excluding carboxylic acids is 3. The molecule has 2 amide bonds. The Kier molecular flexibility index (Phi) is 8.84. The number of esters is 1. The zero-order valence-corrected chi connectivity index (χ0v) is 18.3. The summed E-state index contributed by atoms with van der Waals surface area (Å²) in [7, 11) is 4.47. The maximum Gasteiger partial charge on any atom is 0.328 e. The fourth-order valence-corrected chi connectivity index (χ4v) is 3.93. The summed E-state index contributed by atoms with van der Waals surface area (Å²) >= 11 is 0. The number of hydrogen-bond donors (Lipinski definition) is 3. The van der Waals surface area contributed by atoms with E-state index in [4.69, 9.17) is 15.7 Å². The van der Waals surface area contributed by atoms with Gasteiger partial charge < -0.3 is 25.9 Å². The first-order valence-corrected chi connectivity index (χ1v) is 10.4. The average molecular weight is 433 g/mol. The van der Waals surface area contributed by atoms with Crippen molar-refractivity contribution in [2.24, 2.45) is 22.7 Å². The second kappa shape index (κ2) is 11.3. The first kappa shape index (κ1) is 24.2. The van der Waals surface area contributed by atoms with Crippen molar-refractivity contribution in [2.75, 3.05) is 21.2 Å². The average Bonchev–Trinajstić information content (AvgIpc) is 2.80. The topological polar surface area (TPSA) is 134 Å². The maximum absolute atomic E-state index is 13.1. The fourth-order valence-electron chi connectivity index (χ4n) is 3.93. The summed E-state index contributed by atoms with van der Waals surface area (Å²) in [6, 6.07) is 5.97. The normalized spacial score (nSPS) is 16.8. The van der Waals surface area contributed by atoms with E-state index in [9.17, 15) is 14.4 Å². The highest BCUT2D eigenvalue weighted by atomic mass is 16.5. The number of rotatable bonds is 8. The molecule has 2 atom stereocenters. The molecule has 31 heavy (non-hydrogen) atoms. The molecule has 0 spiro atoms. The molecule has 9 nitrogen and oxygen atoms in total. The predicted molar refractivity (Wildman–Crippen MR) is 115 cm³/mol. The van der Waals surface area contributed by atoms with Gasteiger partial charge in [-0.3, -0.25) is 9.59 Å². The van der Waals surface area contributed by atoms with Crippen molar-refractivity contribution in [1.82, 2.24) is 10.2 Å². The molecule has 9 heteroatoms. The summed E-state index contributed by atoms with van der Waals surface area (Å²) in [6.45, 7) is 0. The summed E-state index contributed by atoms with van der Waals surface area (Å²) in [5.74, 6) is -2.37. The summed E-state index contributed by atoms with van der Waals surface area (Å²) in [5, 5.41) is 14.5. The number of amides is 2. The quantitative estimate of drug-likeness (QED) is 0.141. The molecular weight excluding hydrogens is 400 g/mol. The highest BCUT2D eigenvalue weighted by molar-refractivity contribution is 6.01. The number of nitrogens with two attached hydrogens (primary N) is 1. The van der Waals surface area contributed by atoms with Crippen molar-refractivity contribution >= 4 is 23.6 Å². The molecule has 0 aromatic heterocycles. The molecular formula is C22H32N4O5. The second-order valence-electron chi connectivity index (χ2n) is 8.08. The van der Waals surface area contributed by atoms with E-state index in [1.165, 1.54) is 12.0 Å². The largest absolute Gasteiger partial charge is 0.467 e. The molecule has 1 aliphatic carbocycles. The van der Waals surface area contributed by atoms with Gasteiger partial charge in [-0.25, -0.2) is 4.79 Å². The molecule has 1 fully saturated rings. The Bertz CT molecular complexity index is 801. The highest BCUT2D eigenvalue weighted by Gasteiger charge is 2.36. The fraction of sp³-hybridized carbons (Fsp3) is 0.545. The van der Waals surface area contributed by atoms with Crippen LogP contribution < -0.4 is 11.1 Å². The lowest BCUT2D eigenvalue weighted by Crippen LogP contribution is -2.51. The van der Waals surface area contributed by atoms with E-state index in [0.717, 1.165) is 37.7 Å². The van der Waals surface area contributed by atoms with E-state index in [1.807, 2.05) is 0 Å². The van der Waals surface area contributed by atoms with Crippen molar-refractivity contribution in [3.63, 3.8) is 0 Å². The van der Waals surface area contributed by atoms with Gasteiger partial charge in [-0.2, -0.15) is 0 Å². The Morgan fingerprint density at radius 1 is 1.19 bits per heavy atom. The van der Waals surface area contributed by atoms with Crippen molar-refractivity contribution in [3.05, 3.63) is 35.4 Å². The number of amidine groups is 1. The van der Waals surface area contributed by atoms with Gasteiger partial charge in [-0.1, -0.05) is 48.7 Å². The lowest BCUT2D eigenvalue weighted by Gasteiger charge is -2.30. The lowest BCUT2D eigenvalue weighted by atomic mass is 9.83. The molecule has 4 N–H and O–H groups in total. The zero-order chi connectivity index (χ0) is 23.0. The molecule has 0 aliphatic heterocycles. The first-order chi connectivity index (χ1) is 14.8. The summed E-state index contributed by atoms with van der Waals surface area (Å²) < 4.78 is 4.93. The Hall–Kier alpha value is -3.10. The monoisotopic (exact) mass is 432 g/mol. The molecule has 1 aliphatic rings. The van der Waals surface area contributed by atoms with E-state index in [2.05, 4.69) is 10.5 Å². The lowest BCUT2D eigenvalue weighted by molar-refractivity contribution is -0.149. The molecule has 2 rings (SSSR count). The van der Waals surface area contributed by atoms with Gasteiger partial charge in [0.2, 0.25) is 11.8 Å². The third-order valence-corrected chi connectivity index (χ3v) is 5.73. The van der Waals surface area contributed by atoms with Gasteiger partial charge >= 0.3 is 5.97 Å². The molecule has 0 unspecified atom stereocenters. The number of nitrogens with one attached hydrogen (secondary N) is 1. The minimum absolute atomic E-state index is 0.000265. The number of methoxy groups -OCH3 is 1. The van der Waals surface area contributed by atoms with Crippen molar-refractivity contribution in [1.29, 1.82) is 0 Å². The van der Waals surface area contributed by atoms with Crippen LogP contribution in [0.4, 0.5) is 0 Å². The Balaban J connectivity index is 2.22. The van der Waals surface area contributed by atoms with Crippen molar-refractivity contribution < 1.29 is 24.3 Å². The molecule has 1 aromatic rings. The van der Waals surface area contributed by atoms with Gasteiger partial charge in [0, 0.05) is 19.7 Å². The standard InChI is InChI=1S/C22H32N4O5/c1-26(2)21(28)17(13-14-9-11-16(12-10-14)19(23)25-30)20(27)24-18(22(29)31-3)15-7-5-4-6-8-15/h9-12,15,17-18,30H,4-8,13H2,1-3H3,(H2,23,25)(H,24,27)/t17-,18+/m1/s1. The number of benzene rings is 1. The Morgan fingerprint density at radius 2 is 1.81 bits per heavy atom. The highest BCUT2D eigenvalue weighted by Crippen LogP contribution is 2.27. The molecule has 0 bridgehead atoms. The van der Waals surface area contributed by atoms with Crippen molar-refractivity contribution in [3.8, 4) is 0 Å². The molecule has 170 valence electrons. The second-order valence-corrected chi connectivity index (χ2v) is 8.08. The van der Waals surface area contributed by atoms with Gasteiger partial charge in [-0.05, 0) is 30.7 Å². The van der Waals surface area contributed by atoms with Crippen LogP contribution in [0.5, 0.6) is 0 Å². The molecule has 0 heterocycles. The van der Waals surface area contributed by atoms with Gasteiger partial charge in [0.1, 0.15) is 12.0 Å². The minimum Gasteiger partial charge on any atom is -0.467 e. The number of nitrogens with zero attached hydrogens (tertiary/aromatic N) is 2. The van der Waals surface area contributed by atoms with Crippen LogP contribution >= 0.6 is 0 Å². The van der Waals surface area contributed by atoms with Gasteiger partial charge in [0.15, 0.2) is 5.84 Å². The van der Waals surface area contributed by atoms with Gasteiger partial charge in [0.25, 0.3) is 0 Å². The Morgan fingerprint density at radius 3 is 2.32 bits per heavy atom. The number of oxime groups is 1. The SMILES string of the molecule is COC(=O)[C@@H](NC(=O)[C@@H](Cc1ccc(C(N)=NO)cc1)C(=O)N(C)C)C1CCCCC1. The minimum atomic E-state index is -1.000. The Labute approximate surface area is 182 Å². The first-order valence-electron chi connectivity index (χ1n) is 10.4. The number of hydrogen-bond acceptors (Lipinski definition) is 6. The van der Waals surface area contributed by atoms with Crippen LogP contribution in [0.25, 0.3) is 0 Å². The predicted octanol–water partition coefficient (Wildman–Crippen LogP) is 1.27. The third kappa shape index (κ3) is 6.44. The van der Waals surface area contributed by atoms with Crippen LogP contribution in [0.3, 0.4) is 0 Å². The van der Waals surface area contributed by atoms with Crippen LogP contribution in [0.15, 0.2) is 29.4 Å². The van der Waals surface area contributed by atoms with E-state index >= 15 is 0 Å². The van der Waals surface area contributed by atoms with Crippen LogP contribution in [-0.2, 0) is 25.5 Å². The summed E-state index contributed by atoms with van der Waals surface area (Å²) in [5.41, 5.74) is 6.84. The number of carbonyl (C=O) groups is 3. The van der Waals surface area contributed by atoms with Crippen molar-refractivity contribution in [2.45, 2.75) is 44.6 Å². The zero-order valence-electron chi connectivity index (χ0n) is 18.3. The van der Waals surface area contributed by atoms with Crippen LogP contribution in [0, 0.1) is 11.8 Å². The smallest absolute Gasteiger partial charge is 0.328 e. The molecule has 1 saturated carbocycles. The van der Waals surface area contributed by atoms with Crippen LogP contribution in [0.1, 0.15) is 43.2 Å². The maximum atomic E-state index is 13.1. The van der Waals surface area contributed by atoms with E-state index in [0.29, 0.717) is 5.56 Å². The summed E-state index contributed by atoms with van der Waals surface area (Å²) in [4.78, 5) is 39.7. The summed E-state index contributed by atoms with van der Waals surface area (Å²) in [6.07, 6.45) is 4.93. The van der Waals surface area contributed by atoms with E-state index in [-0.39, 0.29) is 24.1 Å². The number of ether oxygens (including phenoxy) is 1. The van der Waals surface area contributed by atoms with E-state index < -0.39 is 23.8 Å². The van der Waals surface area contributed by atoms with Crippen LogP contribution in [-0.4, -0.2) is 61.0 Å². The molecule has 0 saturated heterocycles. The van der Waals surface area contributed by atoms with Gasteiger partial charge in [-0.15, -0.1) is 0 Å². The molecule has 1 aromatic carbocycles. The van der Waals surface area contributed by atoms with Gasteiger partial charge in [0.05, 0.1) is 7.11 Å². The third-order valence-electron chi connectivity index (χ3n) is 5.73. The molecule has 0 radical (unpaired) electrons. The van der Waals surface area contributed by atoms with Crippen LogP contribution in [0.2, 0.25) is 0 Å². The van der Waals surface area contributed by atoms with E-state index in [1.54, 1.807) is 38.4 Å².